The second kappa shape index (κ2) is 7.24. The first kappa shape index (κ1) is 16.4. The zero-order valence-corrected chi connectivity index (χ0v) is 11.6. The fourth-order valence-electron chi connectivity index (χ4n) is 1.44. The van der Waals surface area contributed by atoms with Crippen LogP contribution in [0.15, 0.2) is 23.2 Å². The van der Waals surface area contributed by atoms with Gasteiger partial charge in [0, 0.05) is 26.3 Å². The maximum absolute atomic E-state index is 12.3. The molecule has 0 amide bonds. The number of nitro groups is 1. The molecule has 0 saturated heterocycles. The Morgan fingerprint density at radius 3 is 2.60 bits per heavy atom. The van der Waals surface area contributed by atoms with Gasteiger partial charge in [-0.1, -0.05) is 0 Å². The van der Waals surface area contributed by atoms with Crippen LogP contribution in [0.1, 0.15) is 0 Å². The molecule has 112 valence electrons. The molecule has 9 nitrogen and oxygen atoms in total. The second-order valence-electron chi connectivity index (χ2n) is 3.73. The number of nitrogens with zero attached hydrogens (tertiary/aromatic N) is 3. The van der Waals surface area contributed by atoms with Crippen molar-refractivity contribution in [1.82, 2.24) is 9.29 Å². The smallest absolute Gasteiger partial charge is 0.363 e. The molecule has 0 fully saturated rings. The van der Waals surface area contributed by atoms with Gasteiger partial charge in [-0.2, -0.15) is 4.31 Å². The standard InChI is InChI=1S/C10H15N3O6S/c1-19-7-5-12(4-6-14)20(17,18)9-2-3-10(11-8-9)13(15)16/h2-3,8,14H,4-7H2,1H3. The molecule has 0 aliphatic rings. The third kappa shape index (κ3) is 3.93. The molecule has 1 rings (SSSR count). The van der Waals surface area contributed by atoms with Crippen LogP contribution in [0.5, 0.6) is 0 Å². The van der Waals surface area contributed by atoms with Crippen molar-refractivity contribution in [3.8, 4) is 0 Å². The topological polar surface area (TPSA) is 123 Å². The minimum Gasteiger partial charge on any atom is -0.395 e. The van der Waals surface area contributed by atoms with Crippen molar-refractivity contribution in [3.63, 3.8) is 0 Å². The molecule has 0 aromatic carbocycles. The van der Waals surface area contributed by atoms with Crippen molar-refractivity contribution in [3.05, 3.63) is 28.4 Å². The van der Waals surface area contributed by atoms with Crippen molar-refractivity contribution < 1.29 is 23.2 Å². The Balaban J connectivity index is 3.02. The van der Waals surface area contributed by atoms with Gasteiger partial charge in [0.1, 0.15) is 4.90 Å². The number of aromatic nitrogens is 1. The van der Waals surface area contributed by atoms with E-state index < -0.39 is 20.8 Å². The fourth-order valence-corrected chi connectivity index (χ4v) is 2.80. The number of sulfonamides is 1. The molecule has 1 aromatic rings. The third-order valence-electron chi connectivity index (χ3n) is 2.44. The van der Waals surface area contributed by atoms with Crippen molar-refractivity contribution >= 4 is 15.8 Å². The van der Waals surface area contributed by atoms with E-state index in [1.54, 1.807) is 0 Å². The minimum atomic E-state index is -3.87. The summed E-state index contributed by atoms with van der Waals surface area (Å²) in [6.07, 6.45) is 0.921. The summed E-state index contributed by atoms with van der Waals surface area (Å²) >= 11 is 0. The number of hydrogen-bond donors (Lipinski definition) is 1. The SMILES string of the molecule is COCCN(CCO)S(=O)(=O)c1ccc([N+](=O)[O-])nc1. The Morgan fingerprint density at radius 2 is 2.15 bits per heavy atom. The van der Waals surface area contributed by atoms with Gasteiger partial charge in [-0.15, -0.1) is 0 Å². The van der Waals surface area contributed by atoms with Gasteiger partial charge in [0.25, 0.3) is 0 Å². The molecule has 10 heteroatoms. The molecule has 1 N–H and O–H groups in total. The minimum absolute atomic E-state index is 0.0659. The van der Waals surface area contributed by atoms with Crippen LogP contribution >= 0.6 is 0 Å². The number of methoxy groups -OCH3 is 1. The van der Waals surface area contributed by atoms with E-state index >= 15 is 0 Å². The number of pyridine rings is 1. The number of aliphatic hydroxyl groups is 1. The second-order valence-corrected chi connectivity index (χ2v) is 5.67. The van der Waals surface area contributed by atoms with Gasteiger partial charge in [0.2, 0.25) is 10.0 Å². The first-order valence-electron chi connectivity index (χ1n) is 5.64. The summed E-state index contributed by atoms with van der Waals surface area (Å²) in [7, 11) is -2.44. The lowest BCUT2D eigenvalue weighted by molar-refractivity contribution is -0.389. The zero-order chi connectivity index (χ0) is 15.2. The molecular formula is C10H15N3O6S. The van der Waals surface area contributed by atoms with E-state index in [-0.39, 0.29) is 31.2 Å². The van der Waals surface area contributed by atoms with Crippen LogP contribution < -0.4 is 0 Å². The van der Waals surface area contributed by atoms with E-state index in [0.717, 1.165) is 22.6 Å². The number of hydrogen-bond acceptors (Lipinski definition) is 7. The average molecular weight is 305 g/mol. The summed E-state index contributed by atoms with van der Waals surface area (Å²) < 4.78 is 30.4. The van der Waals surface area contributed by atoms with Gasteiger partial charge in [0.15, 0.2) is 6.20 Å². The molecule has 0 radical (unpaired) electrons. The van der Waals surface area contributed by atoms with E-state index in [0.29, 0.717) is 0 Å². The first-order chi connectivity index (χ1) is 9.43. The Morgan fingerprint density at radius 1 is 1.45 bits per heavy atom. The van der Waals surface area contributed by atoms with Crippen molar-refractivity contribution in [2.75, 3.05) is 33.4 Å². The molecule has 0 aliphatic carbocycles. The van der Waals surface area contributed by atoms with Gasteiger partial charge in [-0.05, 0) is 16.0 Å². The molecule has 0 spiro atoms. The average Bonchev–Trinajstić information content (AvgIpc) is 2.43. The Labute approximate surface area is 116 Å². The Hall–Kier alpha value is -1.62. The molecule has 0 aliphatic heterocycles. The number of ether oxygens (including phenoxy) is 1. The fraction of sp³-hybridized carbons (Fsp3) is 0.500. The lowest BCUT2D eigenvalue weighted by atomic mass is 10.5. The monoisotopic (exact) mass is 305 g/mol. The molecular weight excluding hydrogens is 290 g/mol. The molecule has 0 atom stereocenters. The highest BCUT2D eigenvalue weighted by Gasteiger charge is 2.25. The van der Waals surface area contributed by atoms with Crippen molar-refractivity contribution in [1.29, 1.82) is 0 Å². The van der Waals surface area contributed by atoms with Gasteiger partial charge >= 0.3 is 5.82 Å². The highest BCUT2D eigenvalue weighted by molar-refractivity contribution is 7.89. The number of rotatable bonds is 8. The molecule has 20 heavy (non-hydrogen) atoms. The zero-order valence-electron chi connectivity index (χ0n) is 10.8. The van der Waals surface area contributed by atoms with E-state index in [1.165, 1.54) is 7.11 Å². The maximum Gasteiger partial charge on any atom is 0.363 e. The lowest BCUT2D eigenvalue weighted by Gasteiger charge is -2.20. The van der Waals surface area contributed by atoms with Crippen LogP contribution in [0.3, 0.4) is 0 Å². The lowest BCUT2D eigenvalue weighted by Crippen LogP contribution is -2.36. The normalized spacial score (nSPS) is 11.8. The van der Waals surface area contributed by atoms with Crippen LogP contribution in [0.25, 0.3) is 0 Å². The van der Waals surface area contributed by atoms with Gasteiger partial charge < -0.3 is 20.0 Å². The third-order valence-corrected chi connectivity index (χ3v) is 4.32. The molecule has 1 aromatic heterocycles. The van der Waals surface area contributed by atoms with E-state index in [4.69, 9.17) is 9.84 Å². The largest absolute Gasteiger partial charge is 0.395 e. The summed E-state index contributed by atoms with van der Waals surface area (Å²) in [6.45, 7) is -0.206. The molecule has 0 saturated carbocycles. The summed E-state index contributed by atoms with van der Waals surface area (Å²) in [5.41, 5.74) is 0. The molecule has 1 heterocycles. The summed E-state index contributed by atoms with van der Waals surface area (Å²) in [5.74, 6) is -0.436. The van der Waals surface area contributed by atoms with Gasteiger partial charge in [-0.25, -0.2) is 8.42 Å². The van der Waals surface area contributed by atoms with E-state index in [2.05, 4.69) is 4.98 Å². The van der Waals surface area contributed by atoms with Gasteiger partial charge in [0.05, 0.1) is 13.2 Å². The summed E-state index contributed by atoms with van der Waals surface area (Å²) in [4.78, 5) is 13.1. The van der Waals surface area contributed by atoms with Crippen molar-refractivity contribution in [2.45, 2.75) is 4.90 Å². The van der Waals surface area contributed by atoms with Crippen LogP contribution in [-0.4, -0.2) is 61.1 Å². The predicted octanol–water partition coefficient (Wildman–Crippen LogP) is -0.381. The van der Waals surface area contributed by atoms with Crippen LogP contribution in [0.4, 0.5) is 5.82 Å². The van der Waals surface area contributed by atoms with Crippen LogP contribution in [0.2, 0.25) is 0 Å². The Bertz CT molecular complexity index is 545. The summed E-state index contributed by atoms with van der Waals surface area (Å²) in [5, 5.41) is 19.4. The van der Waals surface area contributed by atoms with Crippen LogP contribution in [-0.2, 0) is 14.8 Å². The highest BCUT2D eigenvalue weighted by Crippen LogP contribution is 2.16. The van der Waals surface area contributed by atoms with Crippen molar-refractivity contribution in [2.24, 2.45) is 0 Å². The maximum atomic E-state index is 12.3. The predicted molar refractivity (Wildman–Crippen MR) is 68.6 cm³/mol. The number of aliphatic hydroxyl groups excluding tert-OH is 1. The molecule has 0 bridgehead atoms. The Kier molecular flexibility index (Phi) is 5.95. The quantitative estimate of drug-likeness (QED) is 0.513. The first-order valence-corrected chi connectivity index (χ1v) is 7.08. The van der Waals surface area contributed by atoms with E-state index in [1.807, 2.05) is 0 Å². The van der Waals surface area contributed by atoms with E-state index in [9.17, 15) is 18.5 Å². The summed E-state index contributed by atoms with van der Waals surface area (Å²) in [6, 6.07) is 2.12. The van der Waals surface area contributed by atoms with Gasteiger partial charge in [-0.3, -0.25) is 0 Å². The highest BCUT2D eigenvalue weighted by atomic mass is 32.2. The van der Waals surface area contributed by atoms with Crippen LogP contribution in [0, 0.1) is 10.1 Å². The molecule has 0 unspecified atom stereocenters.